The number of pyridine rings is 1. The molecule has 1 aliphatic heterocycles. The molecule has 0 saturated carbocycles. The van der Waals surface area contributed by atoms with E-state index in [1.165, 1.54) is 4.90 Å². The highest BCUT2D eigenvalue weighted by Crippen LogP contribution is 2.33. The van der Waals surface area contributed by atoms with Gasteiger partial charge in [0.05, 0.1) is 0 Å². The molecule has 2 aromatic rings. The van der Waals surface area contributed by atoms with E-state index in [4.69, 9.17) is 22.1 Å². The Morgan fingerprint density at radius 2 is 2.15 bits per heavy atom. The Morgan fingerprint density at radius 1 is 1.38 bits per heavy atom. The minimum absolute atomic E-state index is 0.201. The van der Waals surface area contributed by atoms with Crippen molar-refractivity contribution >= 4 is 40.7 Å². The normalized spacial score (nSPS) is 16.0. The predicted octanol–water partition coefficient (Wildman–Crippen LogP) is 2.77. The number of aromatic nitrogens is 1. The summed E-state index contributed by atoms with van der Waals surface area (Å²) in [5.74, 6) is 0.222. The van der Waals surface area contributed by atoms with Gasteiger partial charge in [0.1, 0.15) is 12.4 Å². The van der Waals surface area contributed by atoms with Crippen LogP contribution in [0, 0.1) is 6.92 Å². The monoisotopic (exact) mass is 374 g/mol. The number of ether oxygens (including phenoxy) is 1. The molecule has 0 aliphatic carbocycles. The van der Waals surface area contributed by atoms with Crippen molar-refractivity contribution in [1.82, 2.24) is 4.98 Å². The third-order valence-electron chi connectivity index (χ3n) is 4.06. The van der Waals surface area contributed by atoms with E-state index in [1.807, 2.05) is 19.9 Å². The van der Waals surface area contributed by atoms with Crippen molar-refractivity contribution in [2.45, 2.75) is 26.4 Å². The van der Waals surface area contributed by atoms with Crippen LogP contribution in [0.3, 0.4) is 0 Å². The molecule has 1 aliphatic rings. The molecular formula is C18H19ClN4O3. The number of anilines is 3. The quantitative estimate of drug-likeness (QED) is 0.857. The second-order valence-electron chi connectivity index (χ2n) is 6.01. The number of benzene rings is 1. The predicted molar refractivity (Wildman–Crippen MR) is 101 cm³/mol. The zero-order chi connectivity index (χ0) is 18.8. The summed E-state index contributed by atoms with van der Waals surface area (Å²) in [5, 5.41) is 3.29. The van der Waals surface area contributed by atoms with Gasteiger partial charge in [-0.05, 0) is 43.2 Å². The molecule has 1 atom stereocenters. The highest BCUT2D eigenvalue weighted by atomic mass is 35.5. The van der Waals surface area contributed by atoms with Crippen LogP contribution in [0.25, 0.3) is 0 Å². The number of fused-ring (bicyclic) bond motifs is 1. The van der Waals surface area contributed by atoms with Crippen LogP contribution in [0.5, 0.6) is 5.75 Å². The number of rotatable bonds is 4. The molecule has 8 heteroatoms. The highest BCUT2D eigenvalue weighted by molar-refractivity contribution is 6.31. The van der Waals surface area contributed by atoms with Crippen LogP contribution < -0.4 is 20.7 Å². The van der Waals surface area contributed by atoms with Gasteiger partial charge in [-0.25, -0.2) is 4.98 Å². The molecule has 1 aromatic carbocycles. The number of halogens is 1. The Kier molecular flexibility index (Phi) is 4.99. The second kappa shape index (κ2) is 7.21. The van der Waals surface area contributed by atoms with Crippen LogP contribution in [-0.4, -0.2) is 29.4 Å². The van der Waals surface area contributed by atoms with Gasteiger partial charge in [-0.2, -0.15) is 0 Å². The SMILES string of the molecule is CCC1Oc2ccc(N)nc2N(CC(=O)Nc2ccc(C)c(Cl)c2)C1=O. The molecule has 7 nitrogen and oxygen atoms in total. The lowest BCUT2D eigenvalue weighted by molar-refractivity contribution is -0.128. The summed E-state index contributed by atoms with van der Waals surface area (Å²) in [5.41, 5.74) is 7.19. The lowest BCUT2D eigenvalue weighted by atomic mass is 10.2. The number of nitrogens with one attached hydrogen (secondary N) is 1. The maximum atomic E-state index is 12.6. The van der Waals surface area contributed by atoms with E-state index in [9.17, 15) is 9.59 Å². The van der Waals surface area contributed by atoms with E-state index in [1.54, 1.807) is 24.3 Å². The third kappa shape index (κ3) is 3.57. The van der Waals surface area contributed by atoms with Gasteiger partial charge in [0.15, 0.2) is 17.7 Å². The topological polar surface area (TPSA) is 97.6 Å². The fourth-order valence-electron chi connectivity index (χ4n) is 2.64. The van der Waals surface area contributed by atoms with Gasteiger partial charge in [-0.1, -0.05) is 24.6 Å². The molecule has 2 heterocycles. The first-order chi connectivity index (χ1) is 12.4. The molecule has 0 radical (unpaired) electrons. The lowest BCUT2D eigenvalue weighted by Crippen LogP contribution is -2.49. The summed E-state index contributed by atoms with van der Waals surface area (Å²) in [6.45, 7) is 3.51. The number of hydrogen-bond acceptors (Lipinski definition) is 5. The van der Waals surface area contributed by atoms with E-state index in [-0.39, 0.29) is 30.0 Å². The number of nitrogens with zero attached hydrogens (tertiary/aromatic N) is 2. The summed E-state index contributed by atoms with van der Waals surface area (Å²) in [6.07, 6.45) is -0.177. The lowest BCUT2D eigenvalue weighted by Gasteiger charge is -2.32. The number of carbonyl (C=O) groups excluding carboxylic acids is 2. The maximum absolute atomic E-state index is 12.6. The van der Waals surface area contributed by atoms with Crippen LogP contribution in [0.15, 0.2) is 30.3 Å². The van der Waals surface area contributed by atoms with Crippen LogP contribution >= 0.6 is 11.6 Å². The molecule has 136 valence electrons. The van der Waals surface area contributed by atoms with Crippen LogP contribution in [0.2, 0.25) is 5.02 Å². The molecule has 1 aromatic heterocycles. The fourth-order valence-corrected chi connectivity index (χ4v) is 2.82. The zero-order valence-corrected chi connectivity index (χ0v) is 15.2. The summed E-state index contributed by atoms with van der Waals surface area (Å²) >= 11 is 6.08. The molecule has 0 saturated heterocycles. The number of aryl methyl sites for hydroxylation is 1. The fraction of sp³-hybridized carbons (Fsp3) is 0.278. The van der Waals surface area contributed by atoms with Crippen molar-refractivity contribution in [3.05, 3.63) is 40.9 Å². The number of hydrogen-bond donors (Lipinski definition) is 2. The van der Waals surface area contributed by atoms with E-state index in [0.29, 0.717) is 22.9 Å². The molecule has 3 rings (SSSR count). The van der Waals surface area contributed by atoms with Gasteiger partial charge in [0.25, 0.3) is 5.91 Å². The number of carbonyl (C=O) groups is 2. The average Bonchev–Trinajstić information content (AvgIpc) is 2.60. The highest BCUT2D eigenvalue weighted by Gasteiger charge is 2.35. The minimum atomic E-state index is -0.658. The van der Waals surface area contributed by atoms with Crippen molar-refractivity contribution in [2.24, 2.45) is 0 Å². The van der Waals surface area contributed by atoms with Gasteiger partial charge < -0.3 is 15.8 Å². The average molecular weight is 375 g/mol. The first-order valence-corrected chi connectivity index (χ1v) is 8.57. The standard InChI is InChI=1S/C18H19ClN4O3/c1-3-13-18(25)23(17-14(26-13)6-7-15(20)22-17)9-16(24)21-11-5-4-10(2)12(19)8-11/h4-8,13H,3,9H2,1-2H3,(H2,20,22)(H,21,24). The molecule has 2 amide bonds. The van der Waals surface area contributed by atoms with Crippen molar-refractivity contribution in [1.29, 1.82) is 0 Å². The Balaban J connectivity index is 1.82. The smallest absolute Gasteiger partial charge is 0.269 e. The van der Waals surface area contributed by atoms with E-state index >= 15 is 0 Å². The van der Waals surface area contributed by atoms with Gasteiger partial charge >= 0.3 is 0 Å². The molecule has 0 spiro atoms. The third-order valence-corrected chi connectivity index (χ3v) is 4.46. The van der Waals surface area contributed by atoms with Gasteiger partial charge in [0, 0.05) is 10.7 Å². The molecule has 0 bridgehead atoms. The Labute approximate surface area is 156 Å². The van der Waals surface area contributed by atoms with Crippen LogP contribution in [-0.2, 0) is 9.59 Å². The van der Waals surface area contributed by atoms with Crippen LogP contribution in [0.4, 0.5) is 17.3 Å². The van der Waals surface area contributed by atoms with Crippen molar-refractivity contribution in [2.75, 3.05) is 22.5 Å². The van der Waals surface area contributed by atoms with Gasteiger partial charge in [-0.3, -0.25) is 14.5 Å². The summed E-state index contributed by atoms with van der Waals surface area (Å²) in [4.78, 5) is 30.6. The minimum Gasteiger partial charge on any atom is -0.477 e. The number of nitrogens with two attached hydrogens (primary N) is 1. The summed E-state index contributed by atoms with van der Waals surface area (Å²) < 4.78 is 5.65. The number of amides is 2. The van der Waals surface area contributed by atoms with E-state index in [0.717, 1.165) is 5.56 Å². The molecular weight excluding hydrogens is 356 g/mol. The second-order valence-corrected chi connectivity index (χ2v) is 6.42. The molecule has 1 unspecified atom stereocenters. The van der Waals surface area contributed by atoms with E-state index < -0.39 is 6.10 Å². The largest absolute Gasteiger partial charge is 0.477 e. The molecule has 26 heavy (non-hydrogen) atoms. The zero-order valence-electron chi connectivity index (χ0n) is 14.5. The van der Waals surface area contributed by atoms with E-state index in [2.05, 4.69) is 10.3 Å². The number of nitrogen functional groups attached to an aromatic ring is 1. The summed E-state index contributed by atoms with van der Waals surface area (Å²) in [7, 11) is 0. The van der Waals surface area contributed by atoms with Gasteiger partial charge in [0.2, 0.25) is 5.91 Å². The Bertz CT molecular complexity index is 872. The molecule has 3 N–H and O–H groups in total. The van der Waals surface area contributed by atoms with Crippen molar-refractivity contribution in [3.63, 3.8) is 0 Å². The Hall–Kier alpha value is -2.80. The first-order valence-electron chi connectivity index (χ1n) is 8.19. The Morgan fingerprint density at radius 3 is 2.85 bits per heavy atom. The van der Waals surface area contributed by atoms with Crippen molar-refractivity contribution in [3.8, 4) is 5.75 Å². The van der Waals surface area contributed by atoms with Crippen LogP contribution in [0.1, 0.15) is 18.9 Å². The molecule has 0 fully saturated rings. The maximum Gasteiger partial charge on any atom is 0.269 e. The van der Waals surface area contributed by atoms with Gasteiger partial charge in [-0.15, -0.1) is 0 Å². The first kappa shape index (κ1) is 18.0. The van der Waals surface area contributed by atoms with Crippen molar-refractivity contribution < 1.29 is 14.3 Å². The summed E-state index contributed by atoms with van der Waals surface area (Å²) in [6, 6.07) is 8.46.